The summed E-state index contributed by atoms with van der Waals surface area (Å²) in [5, 5.41) is 0. The first kappa shape index (κ1) is 23.4. The average molecular weight is 425 g/mol. The number of benzene rings is 3. The molecule has 0 aliphatic heterocycles. The lowest BCUT2D eigenvalue weighted by Gasteiger charge is -2.20. The van der Waals surface area contributed by atoms with Crippen LogP contribution >= 0.6 is 0 Å². The summed E-state index contributed by atoms with van der Waals surface area (Å²) >= 11 is 0. The van der Waals surface area contributed by atoms with E-state index in [9.17, 15) is 0 Å². The van der Waals surface area contributed by atoms with E-state index in [4.69, 9.17) is 0 Å². The number of hydrogen-bond donors (Lipinski definition) is 0. The van der Waals surface area contributed by atoms with Gasteiger partial charge in [0.25, 0.3) is 0 Å². The Balaban J connectivity index is 1.73. The van der Waals surface area contributed by atoms with E-state index in [1.807, 2.05) is 0 Å². The lowest BCUT2D eigenvalue weighted by Crippen LogP contribution is -2.21. The Bertz CT molecular complexity index is 921. The van der Waals surface area contributed by atoms with Crippen LogP contribution in [0.15, 0.2) is 72.8 Å². The molecule has 32 heavy (non-hydrogen) atoms. The minimum absolute atomic E-state index is 1.03. The molecule has 3 aromatic rings. The fourth-order valence-corrected chi connectivity index (χ4v) is 3.96. The SMILES string of the molecule is CCN(CC)c1ccc(/C=C/c2ccccc2/C=C/c2ccc(N(CC)CC)cc2)cc1. The van der Waals surface area contributed by atoms with Gasteiger partial charge in [0.1, 0.15) is 0 Å². The normalized spacial score (nSPS) is 11.4. The topological polar surface area (TPSA) is 6.48 Å². The first-order chi connectivity index (χ1) is 15.7. The quantitative estimate of drug-likeness (QED) is 0.307. The van der Waals surface area contributed by atoms with Crippen molar-refractivity contribution < 1.29 is 0 Å². The van der Waals surface area contributed by atoms with Gasteiger partial charge >= 0.3 is 0 Å². The molecular weight excluding hydrogens is 388 g/mol. The van der Waals surface area contributed by atoms with E-state index in [1.165, 1.54) is 33.6 Å². The third-order valence-electron chi connectivity index (χ3n) is 5.95. The van der Waals surface area contributed by atoms with Gasteiger partial charge in [-0.05, 0) is 74.2 Å². The molecule has 0 radical (unpaired) electrons. The molecule has 0 saturated carbocycles. The summed E-state index contributed by atoms with van der Waals surface area (Å²) in [4.78, 5) is 4.73. The fraction of sp³-hybridized carbons (Fsp3) is 0.267. The van der Waals surface area contributed by atoms with Crippen molar-refractivity contribution in [1.29, 1.82) is 0 Å². The summed E-state index contributed by atoms with van der Waals surface area (Å²) in [6.07, 6.45) is 8.79. The highest BCUT2D eigenvalue weighted by molar-refractivity contribution is 5.79. The predicted molar refractivity (Wildman–Crippen MR) is 144 cm³/mol. The van der Waals surface area contributed by atoms with Crippen molar-refractivity contribution in [3.8, 4) is 0 Å². The molecule has 0 atom stereocenters. The van der Waals surface area contributed by atoms with E-state index >= 15 is 0 Å². The van der Waals surface area contributed by atoms with Gasteiger partial charge in [-0.2, -0.15) is 0 Å². The molecule has 0 bridgehead atoms. The largest absolute Gasteiger partial charge is 0.372 e. The molecule has 2 nitrogen and oxygen atoms in total. The summed E-state index contributed by atoms with van der Waals surface area (Å²) in [7, 11) is 0. The Hall–Kier alpha value is -3.26. The number of anilines is 2. The van der Waals surface area contributed by atoms with Gasteiger partial charge in [0.2, 0.25) is 0 Å². The van der Waals surface area contributed by atoms with Gasteiger partial charge in [-0.3, -0.25) is 0 Å². The van der Waals surface area contributed by atoms with Crippen molar-refractivity contribution >= 4 is 35.7 Å². The molecule has 0 amide bonds. The Kier molecular flexibility index (Phi) is 8.74. The monoisotopic (exact) mass is 424 g/mol. The van der Waals surface area contributed by atoms with Gasteiger partial charge in [0.15, 0.2) is 0 Å². The molecule has 3 aromatic carbocycles. The molecular formula is C30H36N2. The van der Waals surface area contributed by atoms with Crippen LogP contribution in [0.4, 0.5) is 11.4 Å². The maximum atomic E-state index is 2.36. The van der Waals surface area contributed by atoms with E-state index in [-0.39, 0.29) is 0 Å². The lowest BCUT2D eigenvalue weighted by atomic mass is 10.0. The summed E-state index contributed by atoms with van der Waals surface area (Å²) in [5.74, 6) is 0. The van der Waals surface area contributed by atoms with Crippen LogP contribution in [-0.2, 0) is 0 Å². The van der Waals surface area contributed by atoms with Crippen molar-refractivity contribution in [1.82, 2.24) is 0 Å². The zero-order valence-electron chi connectivity index (χ0n) is 20.0. The van der Waals surface area contributed by atoms with Crippen molar-refractivity contribution in [2.75, 3.05) is 36.0 Å². The fourth-order valence-electron chi connectivity index (χ4n) is 3.96. The van der Waals surface area contributed by atoms with E-state index in [1.54, 1.807) is 0 Å². The number of hydrogen-bond acceptors (Lipinski definition) is 2. The summed E-state index contributed by atoms with van der Waals surface area (Å²) < 4.78 is 0. The van der Waals surface area contributed by atoms with Crippen LogP contribution in [0.25, 0.3) is 24.3 Å². The smallest absolute Gasteiger partial charge is 0.0366 e. The second-order valence-corrected chi connectivity index (χ2v) is 7.82. The van der Waals surface area contributed by atoms with Crippen LogP contribution in [0.1, 0.15) is 49.9 Å². The van der Waals surface area contributed by atoms with Gasteiger partial charge in [-0.25, -0.2) is 0 Å². The van der Waals surface area contributed by atoms with E-state index in [0.717, 1.165) is 26.2 Å². The minimum Gasteiger partial charge on any atom is -0.372 e. The van der Waals surface area contributed by atoms with E-state index in [0.29, 0.717) is 0 Å². The number of rotatable bonds is 10. The van der Waals surface area contributed by atoms with Crippen LogP contribution in [0.2, 0.25) is 0 Å². The van der Waals surface area contributed by atoms with Crippen LogP contribution in [0.5, 0.6) is 0 Å². The molecule has 0 aliphatic carbocycles. The predicted octanol–water partition coefficient (Wildman–Crippen LogP) is 7.72. The van der Waals surface area contributed by atoms with Crippen molar-refractivity contribution in [2.24, 2.45) is 0 Å². The van der Waals surface area contributed by atoms with Crippen molar-refractivity contribution in [3.05, 3.63) is 95.1 Å². The molecule has 0 aliphatic rings. The van der Waals surface area contributed by atoms with Crippen LogP contribution in [-0.4, -0.2) is 26.2 Å². The number of nitrogens with zero attached hydrogens (tertiary/aromatic N) is 2. The van der Waals surface area contributed by atoms with Crippen molar-refractivity contribution in [2.45, 2.75) is 27.7 Å². The van der Waals surface area contributed by atoms with E-state index in [2.05, 4.69) is 135 Å². The first-order valence-electron chi connectivity index (χ1n) is 11.8. The van der Waals surface area contributed by atoms with Crippen LogP contribution in [0, 0.1) is 0 Å². The highest BCUT2D eigenvalue weighted by atomic mass is 15.1. The highest BCUT2D eigenvalue weighted by Gasteiger charge is 2.02. The Morgan fingerprint density at radius 1 is 0.469 bits per heavy atom. The van der Waals surface area contributed by atoms with Crippen LogP contribution < -0.4 is 9.80 Å². The van der Waals surface area contributed by atoms with E-state index < -0.39 is 0 Å². The molecule has 3 rings (SSSR count). The second-order valence-electron chi connectivity index (χ2n) is 7.82. The van der Waals surface area contributed by atoms with Crippen molar-refractivity contribution in [3.63, 3.8) is 0 Å². The molecule has 0 spiro atoms. The summed E-state index contributed by atoms with van der Waals surface area (Å²) in [6, 6.07) is 26.1. The molecule has 0 saturated heterocycles. The Morgan fingerprint density at radius 2 is 0.812 bits per heavy atom. The molecule has 2 heteroatoms. The maximum absolute atomic E-state index is 2.36. The molecule has 0 unspecified atom stereocenters. The van der Waals surface area contributed by atoms with Gasteiger partial charge in [0.05, 0.1) is 0 Å². The Labute approximate surface area is 194 Å². The molecule has 166 valence electrons. The zero-order valence-corrected chi connectivity index (χ0v) is 20.0. The first-order valence-corrected chi connectivity index (χ1v) is 11.8. The average Bonchev–Trinajstić information content (AvgIpc) is 2.85. The Morgan fingerprint density at radius 3 is 1.12 bits per heavy atom. The second kappa shape index (κ2) is 12.0. The third kappa shape index (κ3) is 6.13. The third-order valence-corrected chi connectivity index (χ3v) is 5.95. The minimum atomic E-state index is 1.03. The van der Waals surface area contributed by atoms with Gasteiger partial charge in [-0.1, -0.05) is 72.8 Å². The van der Waals surface area contributed by atoms with Gasteiger partial charge in [-0.15, -0.1) is 0 Å². The molecule has 0 fully saturated rings. The van der Waals surface area contributed by atoms with Gasteiger partial charge < -0.3 is 9.80 Å². The standard InChI is InChI=1S/C30H36N2/c1-5-31(6-2)29-21-15-25(16-22-29)13-19-27-11-9-10-12-28(27)20-14-26-17-23-30(24-18-26)32(7-3)8-4/h9-24H,5-8H2,1-4H3/b19-13+,20-14+. The van der Waals surface area contributed by atoms with Crippen LogP contribution in [0.3, 0.4) is 0 Å². The zero-order chi connectivity index (χ0) is 22.8. The molecule has 0 N–H and O–H groups in total. The maximum Gasteiger partial charge on any atom is 0.0366 e. The molecule has 0 heterocycles. The molecule has 0 aromatic heterocycles. The lowest BCUT2D eigenvalue weighted by molar-refractivity contribution is 0.866. The van der Waals surface area contributed by atoms with Gasteiger partial charge in [0, 0.05) is 37.6 Å². The summed E-state index contributed by atoms with van der Waals surface area (Å²) in [5.41, 5.74) is 7.43. The highest BCUT2D eigenvalue weighted by Crippen LogP contribution is 2.20. The summed E-state index contributed by atoms with van der Waals surface area (Å²) in [6.45, 7) is 12.9.